The molecule has 0 aliphatic rings. The number of fused-ring (bicyclic) bond motifs is 1. The van der Waals surface area contributed by atoms with Crippen molar-refractivity contribution in [2.45, 2.75) is 27.7 Å². The SMILES string of the molecule is CC.CC.CO.O=C(NCCOCCOCCOCCOCCOCCOP(O)(O)=S)c1ccc(-c2cc(=O)c3ccc(O)c(O)c3o2)cc1. The van der Waals surface area contributed by atoms with Crippen molar-refractivity contribution in [1.82, 2.24) is 5.32 Å². The van der Waals surface area contributed by atoms with Crippen molar-refractivity contribution in [3.05, 3.63) is 58.3 Å². The molecule has 1 aromatic heterocycles. The van der Waals surface area contributed by atoms with E-state index in [1.165, 1.54) is 18.2 Å². The topological polar surface area (TPSA) is 216 Å². The van der Waals surface area contributed by atoms with Gasteiger partial charge in [-0.15, -0.1) is 0 Å². The molecular weight excluding hydrogens is 697 g/mol. The minimum atomic E-state index is -3.63. The molecule has 1 amide bonds. The highest BCUT2D eigenvalue weighted by Crippen LogP contribution is 2.36. The van der Waals surface area contributed by atoms with Crippen LogP contribution in [0.15, 0.2) is 51.7 Å². The molecule has 1 heterocycles. The van der Waals surface area contributed by atoms with Crippen molar-refractivity contribution in [2.24, 2.45) is 0 Å². The number of amides is 1. The molecule has 0 saturated carbocycles. The molecule has 0 bridgehead atoms. The molecule has 6 N–H and O–H groups in total. The van der Waals surface area contributed by atoms with E-state index in [1.54, 1.807) is 24.3 Å². The summed E-state index contributed by atoms with van der Waals surface area (Å²) in [5.41, 5.74) is 0.424. The number of phenolic OH excluding ortho intramolecular Hbond substituents is 2. The molecular formula is C33H52NO14PS. The van der Waals surface area contributed by atoms with Gasteiger partial charge in [-0.25, -0.2) is 0 Å². The fourth-order valence-electron chi connectivity index (χ4n) is 3.66. The van der Waals surface area contributed by atoms with E-state index in [0.717, 1.165) is 7.11 Å². The number of carbonyl (C=O) groups is 1. The van der Waals surface area contributed by atoms with E-state index in [0.29, 0.717) is 77.1 Å². The van der Waals surface area contributed by atoms with Crippen molar-refractivity contribution in [1.29, 1.82) is 0 Å². The van der Waals surface area contributed by atoms with Crippen LogP contribution >= 0.6 is 6.72 Å². The van der Waals surface area contributed by atoms with Crippen LogP contribution in [0.2, 0.25) is 0 Å². The Morgan fingerprint density at radius 2 is 1.20 bits per heavy atom. The van der Waals surface area contributed by atoms with E-state index >= 15 is 0 Å². The van der Waals surface area contributed by atoms with Crippen LogP contribution in [0.3, 0.4) is 0 Å². The van der Waals surface area contributed by atoms with Gasteiger partial charge in [-0.2, -0.15) is 0 Å². The number of phenols is 2. The summed E-state index contributed by atoms with van der Waals surface area (Å²) in [5.74, 6) is -1.03. The summed E-state index contributed by atoms with van der Waals surface area (Å²) < 4.78 is 37.0. The molecule has 0 saturated heterocycles. The van der Waals surface area contributed by atoms with Gasteiger partial charge in [0.1, 0.15) is 5.76 Å². The van der Waals surface area contributed by atoms with Gasteiger partial charge < -0.3 is 63.0 Å². The molecule has 3 rings (SSSR count). The van der Waals surface area contributed by atoms with Crippen LogP contribution in [0.25, 0.3) is 22.3 Å². The normalized spacial score (nSPS) is 10.6. The number of aliphatic hydroxyl groups is 1. The summed E-state index contributed by atoms with van der Waals surface area (Å²) in [6.45, 7) is 8.19. The maximum atomic E-state index is 12.4. The van der Waals surface area contributed by atoms with Crippen LogP contribution in [0.4, 0.5) is 0 Å². The summed E-state index contributed by atoms with van der Waals surface area (Å²) in [5, 5.41) is 29.7. The quantitative estimate of drug-likeness (QED) is 0.0522. The Labute approximate surface area is 297 Å². The first kappa shape index (κ1) is 47.0. The molecule has 3 aromatic rings. The summed E-state index contributed by atoms with van der Waals surface area (Å²) >= 11 is 4.31. The van der Waals surface area contributed by atoms with E-state index in [1.807, 2.05) is 27.7 Å². The average molecular weight is 750 g/mol. The zero-order valence-electron chi connectivity index (χ0n) is 29.3. The lowest BCUT2D eigenvalue weighted by molar-refractivity contribution is -0.0126. The summed E-state index contributed by atoms with van der Waals surface area (Å²) in [4.78, 5) is 42.6. The minimum Gasteiger partial charge on any atom is -0.504 e. The minimum absolute atomic E-state index is 0.00631. The second kappa shape index (κ2) is 28.7. The fourth-order valence-corrected chi connectivity index (χ4v) is 4.19. The molecule has 2 aromatic carbocycles. The second-order valence-electron chi connectivity index (χ2n) is 9.00. The number of rotatable bonds is 21. The van der Waals surface area contributed by atoms with E-state index in [4.69, 9.17) is 43.0 Å². The van der Waals surface area contributed by atoms with Crippen molar-refractivity contribution in [3.8, 4) is 22.8 Å². The van der Waals surface area contributed by atoms with Crippen molar-refractivity contribution in [2.75, 3.05) is 86.3 Å². The Morgan fingerprint density at radius 1 is 0.740 bits per heavy atom. The number of ether oxygens (including phenoxy) is 5. The van der Waals surface area contributed by atoms with Crippen LogP contribution in [0.1, 0.15) is 38.1 Å². The van der Waals surface area contributed by atoms with Gasteiger partial charge in [0.05, 0.1) is 78.1 Å². The highest BCUT2D eigenvalue weighted by atomic mass is 32.5. The molecule has 0 radical (unpaired) electrons. The van der Waals surface area contributed by atoms with E-state index in [9.17, 15) is 19.8 Å². The lowest BCUT2D eigenvalue weighted by atomic mass is 10.1. The molecule has 50 heavy (non-hydrogen) atoms. The zero-order valence-corrected chi connectivity index (χ0v) is 31.0. The number of aromatic hydroxyl groups is 2. The molecule has 0 aliphatic heterocycles. The van der Waals surface area contributed by atoms with Gasteiger partial charge in [-0.05, 0) is 36.1 Å². The Kier molecular flexibility index (Phi) is 27.0. The Hall–Kier alpha value is -2.99. The van der Waals surface area contributed by atoms with Crippen LogP contribution in [0, 0.1) is 0 Å². The third-order valence-corrected chi connectivity index (χ3v) is 6.62. The number of nitrogens with one attached hydrogen (secondary N) is 1. The monoisotopic (exact) mass is 749 g/mol. The molecule has 0 spiro atoms. The highest BCUT2D eigenvalue weighted by Gasteiger charge is 2.14. The smallest absolute Gasteiger partial charge is 0.321 e. The Morgan fingerprint density at radius 3 is 1.68 bits per heavy atom. The lowest BCUT2D eigenvalue weighted by Gasteiger charge is -2.09. The number of carbonyl (C=O) groups excluding carboxylic acids is 1. The van der Waals surface area contributed by atoms with Gasteiger partial charge in [0, 0.05) is 30.8 Å². The summed E-state index contributed by atoms with van der Waals surface area (Å²) in [7, 11) is 1.00. The third-order valence-electron chi connectivity index (χ3n) is 5.79. The molecule has 0 atom stereocenters. The highest BCUT2D eigenvalue weighted by molar-refractivity contribution is 8.06. The molecule has 284 valence electrons. The van der Waals surface area contributed by atoms with Crippen molar-refractivity contribution < 1.29 is 62.5 Å². The number of aliphatic hydroxyl groups excluding tert-OH is 1. The van der Waals surface area contributed by atoms with Gasteiger partial charge in [0.2, 0.25) is 5.75 Å². The van der Waals surface area contributed by atoms with Gasteiger partial charge in [0.25, 0.3) is 5.91 Å². The largest absolute Gasteiger partial charge is 0.504 e. The van der Waals surface area contributed by atoms with Crippen molar-refractivity contribution in [3.63, 3.8) is 0 Å². The third kappa shape index (κ3) is 19.4. The molecule has 0 unspecified atom stereocenters. The van der Waals surface area contributed by atoms with Crippen LogP contribution in [0.5, 0.6) is 11.5 Å². The maximum Gasteiger partial charge on any atom is 0.321 e. The van der Waals surface area contributed by atoms with Gasteiger partial charge in [-0.3, -0.25) is 9.59 Å². The Balaban J connectivity index is 0.00000379. The zero-order chi connectivity index (χ0) is 37.8. The number of hydrogen-bond donors (Lipinski definition) is 6. The van der Waals surface area contributed by atoms with Gasteiger partial charge >= 0.3 is 6.72 Å². The summed E-state index contributed by atoms with van der Waals surface area (Å²) in [6, 6.07) is 10.3. The maximum absolute atomic E-state index is 12.4. The predicted octanol–water partition coefficient (Wildman–Crippen LogP) is 3.57. The van der Waals surface area contributed by atoms with Gasteiger partial charge in [0.15, 0.2) is 16.8 Å². The first-order valence-electron chi connectivity index (χ1n) is 16.1. The molecule has 17 heteroatoms. The molecule has 15 nitrogen and oxygen atoms in total. The van der Waals surface area contributed by atoms with Crippen LogP contribution < -0.4 is 10.7 Å². The Bertz CT molecular complexity index is 1430. The standard InChI is InChI=1S/C28H36NO13PS.2C2H6.CH4O/c30-23-6-5-22-24(31)19-25(42-27(22)26(23)32)20-1-3-21(4-2-20)28(33)29-7-8-36-9-10-37-11-12-38-13-14-39-15-16-40-17-18-41-43(34,35)44;3*1-2/h1-6,19,30,32H,7-18H2,(H,29,33)(H2,34,35,44);2*1-2H3;2H,1H3. The van der Waals surface area contributed by atoms with E-state index < -0.39 is 18.2 Å². The van der Waals surface area contributed by atoms with Crippen molar-refractivity contribution >= 4 is 35.4 Å². The van der Waals surface area contributed by atoms with Gasteiger partial charge in [-0.1, -0.05) is 39.8 Å². The van der Waals surface area contributed by atoms with Crippen LogP contribution in [-0.4, -0.2) is 117 Å². The first-order chi connectivity index (χ1) is 24.2. The second-order valence-corrected chi connectivity index (χ2v) is 11.7. The van der Waals surface area contributed by atoms with Crippen LogP contribution in [-0.2, 0) is 40.0 Å². The average Bonchev–Trinajstić information content (AvgIpc) is 3.13. The molecule has 0 aliphatic carbocycles. The van der Waals surface area contributed by atoms with E-state index in [-0.39, 0.29) is 41.3 Å². The number of benzene rings is 2. The fraction of sp³-hybridized carbons (Fsp3) is 0.515. The first-order valence-corrected chi connectivity index (χ1v) is 18.7. The molecule has 0 fully saturated rings. The predicted molar refractivity (Wildman–Crippen MR) is 193 cm³/mol. The van der Waals surface area contributed by atoms with E-state index in [2.05, 4.69) is 21.6 Å². The summed E-state index contributed by atoms with van der Waals surface area (Å²) in [6.07, 6.45) is 0. The lowest BCUT2D eigenvalue weighted by Crippen LogP contribution is -2.27. The number of hydrogen-bond acceptors (Lipinski definition) is 13.